The molecule has 2 unspecified atom stereocenters. The molecule has 0 spiro atoms. The van der Waals surface area contributed by atoms with Crippen LogP contribution in [0.1, 0.15) is 36.3 Å². The molecule has 1 amide bonds. The molecule has 2 aliphatic rings. The van der Waals surface area contributed by atoms with E-state index in [0.717, 1.165) is 54.2 Å². The van der Waals surface area contributed by atoms with Gasteiger partial charge in [0.2, 0.25) is 5.88 Å². The number of hydrogen-bond donors (Lipinski definition) is 2. The number of carbonyl (C=O) groups is 1. The summed E-state index contributed by atoms with van der Waals surface area (Å²) in [5, 5.41) is 10.3. The number of benzene rings is 2. The standard InChI is InChI=1S/C31H32ClF2N7O2/c1-39-27-9-8-23(36-31(42)30(34)41-13-3-12-35-41)17-26(27)37-28(39)18-40-14-10-20(11-15-40)25-4-2-5-29(38-25)43-19-21-6-7-22(32)16-24(21)33/h2-9,12-13,16-17,20,28,30,37H,10-11,14-15,18-19H2,1H3,(H,36,42). The van der Waals surface area contributed by atoms with Crippen molar-refractivity contribution in [2.24, 2.45) is 0 Å². The van der Waals surface area contributed by atoms with E-state index in [4.69, 9.17) is 21.3 Å². The van der Waals surface area contributed by atoms with Crippen molar-refractivity contribution in [3.8, 4) is 5.88 Å². The molecule has 0 saturated carbocycles. The number of likely N-dealkylation sites (tertiary alicyclic amines) is 1. The van der Waals surface area contributed by atoms with Crippen molar-refractivity contribution in [1.82, 2.24) is 19.7 Å². The summed E-state index contributed by atoms with van der Waals surface area (Å²) in [6.07, 6.45) is 2.91. The lowest BCUT2D eigenvalue weighted by Gasteiger charge is -2.35. The molecule has 0 bridgehead atoms. The Kier molecular flexibility index (Phi) is 8.44. The predicted molar refractivity (Wildman–Crippen MR) is 162 cm³/mol. The van der Waals surface area contributed by atoms with Gasteiger partial charge in [0, 0.05) is 59.9 Å². The van der Waals surface area contributed by atoms with Crippen molar-refractivity contribution < 1.29 is 18.3 Å². The van der Waals surface area contributed by atoms with Gasteiger partial charge in [-0.2, -0.15) is 5.10 Å². The molecule has 0 aliphatic carbocycles. The van der Waals surface area contributed by atoms with Gasteiger partial charge in [-0.1, -0.05) is 23.7 Å². The highest BCUT2D eigenvalue weighted by molar-refractivity contribution is 6.30. The molecule has 0 radical (unpaired) electrons. The Labute approximate surface area is 253 Å². The predicted octanol–water partition coefficient (Wildman–Crippen LogP) is 5.82. The monoisotopic (exact) mass is 607 g/mol. The number of piperidine rings is 1. The van der Waals surface area contributed by atoms with Gasteiger partial charge in [0.15, 0.2) is 0 Å². The summed E-state index contributed by atoms with van der Waals surface area (Å²) < 4.78 is 35.3. The van der Waals surface area contributed by atoms with Crippen LogP contribution in [0.3, 0.4) is 0 Å². The molecular formula is C31H32ClF2N7O2. The van der Waals surface area contributed by atoms with Crippen LogP contribution >= 0.6 is 11.6 Å². The van der Waals surface area contributed by atoms with Gasteiger partial charge < -0.3 is 20.3 Å². The summed E-state index contributed by atoms with van der Waals surface area (Å²) in [5.41, 5.74) is 3.82. The maximum atomic E-state index is 14.4. The summed E-state index contributed by atoms with van der Waals surface area (Å²) in [6.45, 7) is 2.73. The van der Waals surface area contributed by atoms with Crippen LogP contribution in [0.4, 0.5) is 25.8 Å². The lowest BCUT2D eigenvalue weighted by molar-refractivity contribution is -0.124. The van der Waals surface area contributed by atoms with Crippen molar-refractivity contribution in [3.05, 3.63) is 95.2 Å². The van der Waals surface area contributed by atoms with E-state index in [1.807, 2.05) is 31.3 Å². The zero-order chi connectivity index (χ0) is 29.9. The van der Waals surface area contributed by atoms with Crippen LogP contribution in [0.5, 0.6) is 5.88 Å². The molecule has 4 heterocycles. The minimum absolute atomic E-state index is 0.0543. The van der Waals surface area contributed by atoms with Crippen molar-refractivity contribution in [2.45, 2.75) is 37.8 Å². The lowest BCUT2D eigenvalue weighted by Crippen LogP contribution is -2.46. The topological polar surface area (TPSA) is 87.6 Å². The van der Waals surface area contributed by atoms with Gasteiger partial charge >= 0.3 is 0 Å². The van der Waals surface area contributed by atoms with Gasteiger partial charge in [0.25, 0.3) is 12.2 Å². The number of hydrogen-bond acceptors (Lipinski definition) is 7. The average Bonchev–Trinajstić information content (AvgIpc) is 3.65. The number of fused-ring (bicyclic) bond motifs is 1. The maximum Gasteiger partial charge on any atom is 0.281 e. The molecule has 4 aromatic rings. The minimum Gasteiger partial charge on any atom is -0.473 e. The maximum absolute atomic E-state index is 14.4. The molecule has 2 aromatic carbocycles. The number of likely N-dealkylation sites (N-methyl/N-ethyl adjacent to an activating group) is 1. The van der Waals surface area contributed by atoms with Crippen LogP contribution in [0.2, 0.25) is 5.02 Å². The first-order chi connectivity index (χ1) is 20.8. The summed E-state index contributed by atoms with van der Waals surface area (Å²) in [5.74, 6) is -0.393. The van der Waals surface area contributed by atoms with Gasteiger partial charge in [-0.25, -0.2) is 18.4 Å². The number of anilines is 3. The number of nitrogens with zero attached hydrogens (tertiary/aromatic N) is 5. The third-order valence-corrected chi connectivity index (χ3v) is 8.22. The highest BCUT2D eigenvalue weighted by Gasteiger charge is 2.30. The third-order valence-electron chi connectivity index (χ3n) is 7.98. The largest absolute Gasteiger partial charge is 0.473 e. The van der Waals surface area contributed by atoms with Gasteiger partial charge in [-0.3, -0.25) is 9.69 Å². The number of ether oxygens (including phenoxy) is 1. The molecule has 6 rings (SSSR count). The van der Waals surface area contributed by atoms with E-state index in [1.54, 1.807) is 30.3 Å². The summed E-state index contributed by atoms with van der Waals surface area (Å²) >= 11 is 5.84. The van der Waals surface area contributed by atoms with E-state index in [9.17, 15) is 13.6 Å². The van der Waals surface area contributed by atoms with E-state index in [0.29, 0.717) is 28.1 Å². The van der Waals surface area contributed by atoms with Crippen LogP contribution in [-0.4, -0.2) is 58.4 Å². The average molecular weight is 608 g/mol. The highest BCUT2D eigenvalue weighted by Crippen LogP contribution is 2.37. The second-order valence-corrected chi connectivity index (χ2v) is 11.3. The molecule has 2 aliphatic heterocycles. The van der Waals surface area contributed by atoms with E-state index in [-0.39, 0.29) is 12.8 Å². The molecule has 9 nitrogen and oxygen atoms in total. The number of halogens is 3. The fraction of sp³-hybridized carbons (Fsp3) is 0.323. The summed E-state index contributed by atoms with van der Waals surface area (Å²) in [7, 11) is 2.04. The molecule has 1 fully saturated rings. The van der Waals surface area contributed by atoms with Crippen molar-refractivity contribution in [2.75, 3.05) is 42.2 Å². The second kappa shape index (κ2) is 12.6. The Balaban J connectivity index is 1.00. The Hall–Kier alpha value is -4.22. The van der Waals surface area contributed by atoms with Crippen LogP contribution in [0.15, 0.2) is 73.1 Å². The molecule has 2 atom stereocenters. The first kappa shape index (κ1) is 28.9. The number of alkyl halides is 1. The highest BCUT2D eigenvalue weighted by atomic mass is 35.5. The number of nitrogens with one attached hydrogen (secondary N) is 2. The van der Waals surface area contributed by atoms with Crippen LogP contribution in [-0.2, 0) is 11.4 Å². The number of rotatable bonds is 9. The Morgan fingerprint density at radius 3 is 2.77 bits per heavy atom. The number of amides is 1. The van der Waals surface area contributed by atoms with Crippen molar-refractivity contribution >= 4 is 34.6 Å². The Morgan fingerprint density at radius 2 is 2.00 bits per heavy atom. The summed E-state index contributed by atoms with van der Waals surface area (Å²) in [4.78, 5) is 21.7. The SMILES string of the molecule is CN1c2ccc(NC(=O)C(F)n3cccn3)cc2NC1CN1CCC(c2cccc(OCc3ccc(Cl)cc3F)n2)CC1. The van der Waals surface area contributed by atoms with Crippen LogP contribution in [0, 0.1) is 5.82 Å². The zero-order valence-electron chi connectivity index (χ0n) is 23.6. The van der Waals surface area contributed by atoms with Crippen LogP contribution in [0.25, 0.3) is 0 Å². The first-order valence-electron chi connectivity index (χ1n) is 14.2. The molecular weight excluding hydrogens is 576 g/mol. The molecule has 2 aromatic heterocycles. The van der Waals surface area contributed by atoms with Crippen LogP contribution < -0.4 is 20.3 Å². The van der Waals surface area contributed by atoms with E-state index < -0.39 is 18.0 Å². The van der Waals surface area contributed by atoms with Gasteiger partial charge in [-0.05, 0) is 68.4 Å². The second-order valence-electron chi connectivity index (χ2n) is 10.8. The van der Waals surface area contributed by atoms with E-state index in [1.165, 1.54) is 18.5 Å². The molecule has 2 N–H and O–H groups in total. The quantitative estimate of drug-likeness (QED) is 0.248. The number of carbonyl (C=O) groups excluding carboxylic acids is 1. The Bertz CT molecular complexity index is 1580. The van der Waals surface area contributed by atoms with Gasteiger partial charge in [0.1, 0.15) is 18.6 Å². The molecule has 12 heteroatoms. The van der Waals surface area contributed by atoms with Crippen molar-refractivity contribution in [3.63, 3.8) is 0 Å². The third kappa shape index (κ3) is 6.57. The summed E-state index contributed by atoms with van der Waals surface area (Å²) in [6, 6.07) is 17.4. The fourth-order valence-electron chi connectivity index (χ4n) is 5.57. The Morgan fingerprint density at radius 1 is 1.16 bits per heavy atom. The normalized spacial score (nSPS) is 17.8. The lowest BCUT2D eigenvalue weighted by atomic mass is 9.93. The molecule has 224 valence electrons. The van der Waals surface area contributed by atoms with E-state index in [2.05, 4.69) is 25.5 Å². The molecule has 1 saturated heterocycles. The van der Waals surface area contributed by atoms with Gasteiger partial charge in [-0.15, -0.1) is 0 Å². The first-order valence-corrected chi connectivity index (χ1v) is 14.6. The minimum atomic E-state index is -1.90. The zero-order valence-corrected chi connectivity index (χ0v) is 24.3. The molecule has 43 heavy (non-hydrogen) atoms. The van der Waals surface area contributed by atoms with Gasteiger partial charge in [0.05, 0.1) is 11.4 Å². The number of pyridine rings is 1. The number of aromatic nitrogens is 3. The smallest absolute Gasteiger partial charge is 0.281 e. The van der Waals surface area contributed by atoms with Crippen molar-refractivity contribution in [1.29, 1.82) is 0 Å². The fourth-order valence-corrected chi connectivity index (χ4v) is 5.73. The van der Waals surface area contributed by atoms with E-state index >= 15 is 0 Å².